The molecule has 0 radical (unpaired) electrons. The van der Waals surface area contributed by atoms with Crippen LogP contribution in [0.1, 0.15) is 117 Å². The molecule has 2 unspecified atom stereocenters. The van der Waals surface area contributed by atoms with Crippen LogP contribution < -0.4 is 5.32 Å². The fourth-order valence-electron chi connectivity index (χ4n) is 4.02. The van der Waals surface area contributed by atoms with E-state index in [0.29, 0.717) is 6.42 Å². The van der Waals surface area contributed by atoms with Crippen LogP contribution in [-0.2, 0) is 4.79 Å². The Morgan fingerprint density at radius 1 is 0.595 bits per heavy atom. The van der Waals surface area contributed by atoms with Gasteiger partial charge in [0.25, 0.3) is 0 Å². The minimum absolute atomic E-state index is 0.126. The van der Waals surface area contributed by atoms with Crippen molar-refractivity contribution in [1.82, 2.24) is 5.32 Å². The van der Waals surface area contributed by atoms with Crippen LogP contribution in [0, 0.1) is 0 Å². The number of unbranched alkanes of at least 4 members (excludes halogenated alkanes) is 6. The van der Waals surface area contributed by atoms with E-state index in [0.717, 1.165) is 77.0 Å². The van der Waals surface area contributed by atoms with Gasteiger partial charge in [-0.25, -0.2) is 0 Å². The van der Waals surface area contributed by atoms with Gasteiger partial charge in [0.1, 0.15) is 0 Å². The molecule has 0 aliphatic heterocycles. The molecule has 236 valence electrons. The molecule has 4 nitrogen and oxygen atoms in total. The minimum Gasteiger partial charge on any atom is -0.394 e. The second kappa shape index (κ2) is 32.8. The number of aliphatic hydroxyl groups is 2. The van der Waals surface area contributed by atoms with Crippen LogP contribution >= 0.6 is 0 Å². The molecule has 0 spiro atoms. The molecular weight excluding hydrogens is 518 g/mol. The highest BCUT2D eigenvalue weighted by atomic mass is 16.3. The monoisotopic (exact) mass is 579 g/mol. The third-order valence-electron chi connectivity index (χ3n) is 6.55. The summed E-state index contributed by atoms with van der Waals surface area (Å²) in [6.45, 7) is 4.07. The van der Waals surface area contributed by atoms with Gasteiger partial charge in [0, 0.05) is 6.42 Å². The highest BCUT2D eigenvalue weighted by Crippen LogP contribution is 2.05. The van der Waals surface area contributed by atoms with Crippen LogP contribution in [0.5, 0.6) is 0 Å². The first-order chi connectivity index (χ1) is 20.7. The Kier molecular flexibility index (Phi) is 30.7. The second-order valence-corrected chi connectivity index (χ2v) is 10.5. The van der Waals surface area contributed by atoms with Crippen LogP contribution in [0.3, 0.4) is 0 Å². The normalized spacial score (nSPS) is 14.5. The largest absolute Gasteiger partial charge is 0.394 e. The number of hydrogen-bond acceptors (Lipinski definition) is 3. The van der Waals surface area contributed by atoms with E-state index in [-0.39, 0.29) is 12.5 Å². The molecule has 0 heterocycles. The summed E-state index contributed by atoms with van der Waals surface area (Å²) in [5, 5.41) is 22.7. The van der Waals surface area contributed by atoms with E-state index in [1.807, 2.05) is 6.08 Å². The van der Waals surface area contributed by atoms with Crippen molar-refractivity contribution in [2.24, 2.45) is 0 Å². The summed E-state index contributed by atoms with van der Waals surface area (Å²) < 4.78 is 0. The van der Waals surface area contributed by atoms with Gasteiger partial charge in [-0.15, -0.1) is 0 Å². The van der Waals surface area contributed by atoms with E-state index in [2.05, 4.69) is 104 Å². The summed E-state index contributed by atoms with van der Waals surface area (Å²) in [4.78, 5) is 12.2. The molecule has 0 aromatic heterocycles. The van der Waals surface area contributed by atoms with Crippen molar-refractivity contribution in [2.45, 2.75) is 129 Å². The van der Waals surface area contributed by atoms with Gasteiger partial charge >= 0.3 is 0 Å². The molecule has 0 rings (SSSR count). The van der Waals surface area contributed by atoms with Gasteiger partial charge < -0.3 is 15.5 Å². The highest BCUT2D eigenvalue weighted by Gasteiger charge is 2.17. The standard InChI is InChI=1S/C38H61NO3/c1-3-5-7-9-11-13-14-15-16-17-18-19-20-21-22-23-24-26-28-30-32-34-38(42)39-36(35-40)37(41)33-31-29-27-25-12-10-8-6-4-2/h5,7,11-13,15-16,18-19,21-22,24-26,31,33,36-37,40-41H,3-4,6,8-10,14,17,20,23,27-30,32,34-35H2,1-2H3,(H,39,42)/b7-5-,13-11-,16-15-,19-18-,22-21-,25-12+,26-24-,33-31+. The molecular formula is C38H61NO3. The van der Waals surface area contributed by atoms with Gasteiger partial charge in [0.2, 0.25) is 5.91 Å². The van der Waals surface area contributed by atoms with Gasteiger partial charge in [-0.2, -0.15) is 0 Å². The van der Waals surface area contributed by atoms with E-state index < -0.39 is 12.1 Å². The summed E-state index contributed by atoms with van der Waals surface area (Å²) in [5.74, 6) is -0.126. The number of amides is 1. The van der Waals surface area contributed by atoms with Gasteiger partial charge in [-0.05, 0) is 83.5 Å². The molecule has 42 heavy (non-hydrogen) atoms. The molecule has 0 aliphatic carbocycles. The molecule has 0 fully saturated rings. The van der Waals surface area contributed by atoms with E-state index in [1.165, 1.54) is 19.3 Å². The van der Waals surface area contributed by atoms with Gasteiger partial charge in [-0.3, -0.25) is 4.79 Å². The average Bonchev–Trinajstić information content (AvgIpc) is 2.99. The van der Waals surface area contributed by atoms with Crippen molar-refractivity contribution >= 4 is 5.91 Å². The number of carbonyl (C=O) groups is 1. The molecule has 3 N–H and O–H groups in total. The summed E-state index contributed by atoms with van der Waals surface area (Å²) in [5.41, 5.74) is 0. The Hall–Kier alpha value is -2.69. The fraction of sp³-hybridized carbons (Fsp3) is 0.553. The fourth-order valence-corrected chi connectivity index (χ4v) is 4.02. The number of rotatable bonds is 27. The van der Waals surface area contributed by atoms with Gasteiger partial charge in [0.05, 0.1) is 18.8 Å². The lowest BCUT2D eigenvalue weighted by molar-refractivity contribution is -0.123. The third kappa shape index (κ3) is 28.8. The van der Waals surface area contributed by atoms with Gasteiger partial charge in [0.15, 0.2) is 0 Å². The molecule has 0 aromatic rings. The lowest BCUT2D eigenvalue weighted by Gasteiger charge is -2.19. The number of nitrogens with one attached hydrogen (secondary N) is 1. The Morgan fingerprint density at radius 3 is 1.57 bits per heavy atom. The van der Waals surface area contributed by atoms with Crippen LogP contribution in [0.2, 0.25) is 0 Å². The SMILES string of the molecule is CC/C=C\C/C=C\C/C=C\C/C=C\C/C=C\C/C=C\CCCCC(=O)NC(CO)C(O)/C=C/CC/C=C/CCCCC. The van der Waals surface area contributed by atoms with Crippen molar-refractivity contribution in [1.29, 1.82) is 0 Å². The second-order valence-electron chi connectivity index (χ2n) is 10.5. The molecule has 2 atom stereocenters. The minimum atomic E-state index is -0.883. The summed E-state index contributed by atoms with van der Waals surface area (Å²) in [7, 11) is 0. The number of hydrogen-bond donors (Lipinski definition) is 3. The zero-order chi connectivity index (χ0) is 30.8. The van der Waals surface area contributed by atoms with E-state index in [4.69, 9.17) is 0 Å². The summed E-state index contributed by atoms with van der Waals surface area (Å²) in [6.07, 6.45) is 49.2. The number of aliphatic hydroxyl groups excluding tert-OH is 2. The predicted octanol–water partition coefficient (Wildman–Crippen LogP) is 9.56. The zero-order valence-corrected chi connectivity index (χ0v) is 26.7. The smallest absolute Gasteiger partial charge is 0.220 e. The topological polar surface area (TPSA) is 69.6 Å². The summed E-state index contributed by atoms with van der Waals surface area (Å²) in [6, 6.07) is -0.665. The first-order valence-electron chi connectivity index (χ1n) is 16.5. The Labute approximate surface area is 258 Å². The Balaban J connectivity index is 3.84. The average molecular weight is 580 g/mol. The summed E-state index contributed by atoms with van der Waals surface area (Å²) >= 11 is 0. The molecule has 0 aromatic carbocycles. The number of carbonyl (C=O) groups excluding carboxylic acids is 1. The van der Waals surface area contributed by atoms with E-state index in [9.17, 15) is 15.0 Å². The van der Waals surface area contributed by atoms with Crippen LogP contribution in [0.4, 0.5) is 0 Å². The van der Waals surface area contributed by atoms with Crippen LogP contribution in [-0.4, -0.2) is 34.9 Å². The third-order valence-corrected chi connectivity index (χ3v) is 6.55. The Morgan fingerprint density at radius 2 is 1.05 bits per heavy atom. The molecule has 0 aliphatic rings. The Bertz CT molecular complexity index is 844. The van der Waals surface area contributed by atoms with Crippen molar-refractivity contribution in [3.05, 3.63) is 97.2 Å². The van der Waals surface area contributed by atoms with Crippen molar-refractivity contribution in [3.8, 4) is 0 Å². The first kappa shape index (κ1) is 39.3. The van der Waals surface area contributed by atoms with E-state index >= 15 is 0 Å². The maximum absolute atomic E-state index is 12.2. The maximum atomic E-state index is 12.2. The van der Waals surface area contributed by atoms with Crippen molar-refractivity contribution in [3.63, 3.8) is 0 Å². The highest BCUT2D eigenvalue weighted by molar-refractivity contribution is 5.76. The van der Waals surface area contributed by atoms with Crippen LogP contribution in [0.15, 0.2) is 97.2 Å². The number of allylic oxidation sites excluding steroid dienone is 15. The molecule has 4 heteroatoms. The molecule has 0 saturated carbocycles. The lowest BCUT2D eigenvalue weighted by atomic mass is 10.1. The van der Waals surface area contributed by atoms with E-state index in [1.54, 1.807) is 6.08 Å². The van der Waals surface area contributed by atoms with Gasteiger partial charge in [-0.1, -0.05) is 124 Å². The van der Waals surface area contributed by atoms with Crippen LogP contribution in [0.25, 0.3) is 0 Å². The quantitative estimate of drug-likeness (QED) is 0.0670. The predicted molar refractivity (Wildman–Crippen MR) is 183 cm³/mol. The molecule has 1 amide bonds. The van der Waals surface area contributed by atoms with Crippen molar-refractivity contribution < 1.29 is 15.0 Å². The molecule has 0 bridgehead atoms. The first-order valence-corrected chi connectivity index (χ1v) is 16.5. The maximum Gasteiger partial charge on any atom is 0.220 e. The van der Waals surface area contributed by atoms with Crippen molar-refractivity contribution in [2.75, 3.05) is 6.61 Å². The zero-order valence-electron chi connectivity index (χ0n) is 26.7. The molecule has 0 saturated heterocycles. The lowest BCUT2D eigenvalue weighted by Crippen LogP contribution is -2.45.